The Morgan fingerprint density at radius 1 is 1.29 bits per heavy atom. The van der Waals surface area contributed by atoms with Crippen molar-refractivity contribution in [2.75, 3.05) is 13.2 Å². The van der Waals surface area contributed by atoms with Crippen LogP contribution in [0.2, 0.25) is 0 Å². The van der Waals surface area contributed by atoms with Gasteiger partial charge in [0.15, 0.2) is 0 Å². The Morgan fingerprint density at radius 3 is 2.59 bits per heavy atom. The van der Waals surface area contributed by atoms with Crippen molar-refractivity contribution in [3.8, 4) is 5.75 Å². The summed E-state index contributed by atoms with van der Waals surface area (Å²) in [5.41, 5.74) is 1.22. The van der Waals surface area contributed by atoms with Crippen molar-refractivity contribution in [2.45, 2.75) is 33.7 Å². The Morgan fingerprint density at radius 2 is 2.00 bits per heavy atom. The predicted molar refractivity (Wildman–Crippen MR) is 76.6 cm³/mol. The van der Waals surface area contributed by atoms with E-state index in [9.17, 15) is 0 Å². The third-order valence-corrected chi connectivity index (χ3v) is 3.02. The van der Waals surface area contributed by atoms with E-state index in [1.807, 2.05) is 6.07 Å². The number of hydrogen-bond donors (Lipinski definition) is 1. The van der Waals surface area contributed by atoms with Crippen LogP contribution in [0.4, 0.5) is 0 Å². The van der Waals surface area contributed by atoms with Crippen LogP contribution in [0, 0.1) is 5.92 Å². The number of hydrogen-bond acceptors (Lipinski definition) is 2. The van der Waals surface area contributed by atoms with Gasteiger partial charge in [0.25, 0.3) is 0 Å². The molecule has 0 bridgehead atoms. The fourth-order valence-corrected chi connectivity index (χ4v) is 2.00. The fourth-order valence-electron chi connectivity index (χ4n) is 1.66. The summed E-state index contributed by atoms with van der Waals surface area (Å²) in [5, 5.41) is 3.41. The average molecular weight is 300 g/mol. The van der Waals surface area contributed by atoms with Crippen molar-refractivity contribution in [1.29, 1.82) is 0 Å². The summed E-state index contributed by atoms with van der Waals surface area (Å²) < 4.78 is 6.94. The first kappa shape index (κ1) is 14.5. The summed E-state index contributed by atoms with van der Waals surface area (Å²) >= 11 is 3.49. The van der Waals surface area contributed by atoms with Crippen molar-refractivity contribution < 1.29 is 4.74 Å². The molecule has 1 unspecified atom stereocenters. The molecule has 0 saturated heterocycles. The molecule has 0 saturated carbocycles. The molecule has 0 spiro atoms. The topological polar surface area (TPSA) is 21.3 Å². The van der Waals surface area contributed by atoms with Gasteiger partial charge in [0.2, 0.25) is 0 Å². The molecule has 1 aromatic rings. The highest BCUT2D eigenvalue weighted by atomic mass is 79.9. The van der Waals surface area contributed by atoms with E-state index in [1.165, 1.54) is 5.56 Å². The van der Waals surface area contributed by atoms with Gasteiger partial charge in [-0.25, -0.2) is 0 Å². The summed E-state index contributed by atoms with van der Waals surface area (Å²) in [6, 6.07) is 6.54. The first-order valence-electron chi connectivity index (χ1n) is 6.20. The maximum Gasteiger partial charge on any atom is 0.125 e. The summed E-state index contributed by atoms with van der Waals surface area (Å²) in [6.07, 6.45) is 0. The number of rotatable bonds is 6. The fraction of sp³-hybridized carbons (Fsp3) is 0.571. The second-order valence-corrected chi connectivity index (χ2v) is 5.58. The summed E-state index contributed by atoms with van der Waals surface area (Å²) in [5.74, 6) is 1.51. The van der Waals surface area contributed by atoms with Gasteiger partial charge in [0.1, 0.15) is 5.75 Å². The van der Waals surface area contributed by atoms with Gasteiger partial charge in [0, 0.05) is 16.1 Å². The molecule has 1 N–H and O–H groups in total. The molecular formula is C14H22BrNO. The van der Waals surface area contributed by atoms with Crippen LogP contribution in [-0.2, 0) is 0 Å². The van der Waals surface area contributed by atoms with Crippen LogP contribution in [0.3, 0.4) is 0 Å². The van der Waals surface area contributed by atoms with E-state index >= 15 is 0 Å². The number of ether oxygens (including phenoxy) is 1. The summed E-state index contributed by atoms with van der Waals surface area (Å²) in [4.78, 5) is 0. The van der Waals surface area contributed by atoms with E-state index in [2.05, 4.69) is 61.1 Å². The van der Waals surface area contributed by atoms with Crippen molar-refractivity contribution in [1.82, 2.24) is 5.32 Å². The second kappa shape index (κ2) is 7.02. The van der Waals surface area contributed by atoms with Gasteiger partial charge in [-0.15, -0.1) is 0 Å². The first-order valence-corrected chi connectivity index (χ1v) is 6.99. The lowest BCUT2D eigenvalue weighted by molar-refractivity contribution is 0.266. The Kier molecular flexibility index (Phi) is 6.00. The Labute approximate surface area is 113 Å². The maximum absolute atomic E-state index is 5.88. The largest absolute Gasteiger partial charge is 0.493 e. The lowest BCUT2D eigenvalue weighted by Gasteiger charge is -2.18. The molecule has 0 aliphatic rings. The normalized spacial score (nSPS) is 12.8. The van der Waals surface area contributed by atoms with Crippen LogP contribution < -0.4 is 10.1 Å². The Hall–Kier alpha value is -0.540. The lowest BCUT2D eigenvalue weighted by atomic mass is 10.1. The molecular weight excluding hydrogens is 278 g/mol. The summed E-state index contributed by atoms with van der Waals surface area (Å²) in [6.45, 7) is 10.3. The quantitative estimate of drug-likeness (QED) is 0.852. The minimum Gasteiger partial charge on any atom is -0.493 e. The molecule has 1 atom stereocenters. The van der Waals surface area contributed by atoms with Gasteiger partial charge in [-0.05, 0) is 31.5 Å². The Balaban J connectivity index is 2.87. The average Bonchev–Trinajstić information content (AvgIpc) is 2.26. The van der Waals surface area contributed by atoms with Crippen molar-refractivity contribution in [2.24, 2.45) is 5.92 Å². The zero-order valence-electron chi connectivity index (χ0n) is 11.1. The van der Waals surface area contributed by atoms with Crippen molar-refractivity contribution >= 4 is 15.9 Å². The second-order valence-electron chi connectivity index (χ2n) is 4.67. The van der Waals surface area contributed by atoms with Crippen LogP contribution in [0.25, 0.3) is 0 Å². The number of nitrogens with one attached hydrogen (secondary N) is 1. The lowest BCUT2D eigenvalue weighted by Crippen LogP contribution is -2.19. The molecule has 0 heterocycles. The molecule has 1 aromatic carbocycles. The molecule has 3 heteroatoms. The van der Waals surface area contributed by atoms with Crippen LogP contribution in [0.5, 0.6) is 5.75 Å². The van der Waals surface area contributed by atoms with Gasteiger partial charge in [0.05, 0.1) is 6.61 Å². The number of benzene rings is 1. The molecule has 0 fully saturated rings. The van der Waals surface area contributed by atoms with Gasteiger partial charge < -0.3 is 10.1 Å². The van der Waals surface area contributed by atoms with Gasteiger partial charge >= 0.3 is 0 Å². The molecule has 0 aliphatic heterocycles. The van der Waals surface area contributed by atoms with E-state index in [-0.39, 0.29) is 0 Å². The smallest absolute Gasteiger partial charge is 0.125 e. The van der Waals surface area contributed by atoms with Crippen molar-refractivity contribution in [3.63, 3.8) is 0 Å². The molecule has 1 rings (SSSR count). The molecule has 17 heavy (non-hydrogen) atoms. The monoisotopic (exact) mass is 299 g/mol. The molecule has 0 aromatic heterocycles. The zero-order valence-corrected chi connectivity index (χ0v) is 12.7. The van der Waals surface area contributed by atoms with E-state index in [4.69, 9.17) is 4.74 Å². The molecule has 0 aliphatic carbocycles. The third-order valence-electron chi connectivity index (χ3n) is 2.52. The molecule has 96 valence electrons. The minimum absolute atomic E-state index is 0.315. The van der Waals surface area contributed by atoms with Crippen LogP contribution in [0.15, 0.2) is 22.7 Å². The van der Waals surface area contributed by atoms with E-state index in [0.29, 0.717) is 12.0 Å². The van der Waals surface area contributed by atoms with E-state index in [1.54, 1.807) is 0 Å². The zero-order chi connectivity index (χ0) is 12.8. The van der Waals surface area contributed by atoms with Crippen LogP contribution in [0.1, 0.15) is 39.3 Å². The molecule has 2 nitrogen and oxygen atoms in total. The highest BCUT2D eigenvalue weighted by Crippen LogP contribution is 2.29. The summed E-state index contributed by atoms with van der Waals surface area (Å²) in [7, 11) is 0. The maximum atomic E-state index is 5.88. The van der Waals surface area contributed by atoms with Gasteiger partial charge in [-0.3, -0.25) is 0 Å². The standard InChI is InChI=1S/C14H22BrNO/c1-5-16-11(4)13-7-6-12(15)8-14(13)17-9-10(2)3/h6-8,10-11,16H,5,9H2,1-4H3. The highest BCUT2D eigenvalue weighted by molar-refractivity contribution is 9.10. The first-order chi connectivity index (χ1) is 8.04. The minimum atomic E-state index is 0.315. The molecule has 0 amide bonds. The number of halogens is 1. The van der Waals surface area contributed by atoms with Crippen LogP contribution in [-0.4, -0.2) is 13.2 Å². The third kappa shape index (κ3) is 4.68. The molecule has 0 radical (unpaired) electrons. The Bertz CT molecular complexity index is 352. The van der Waals surface area contributed by atoms with E-state index in [0.717, 1.165) is 23.4 Å². The van der Waals surface area contributed by atoms with Crippen LogP contribution >= 0.6 is 15.9 Å². The highest BCUT2D eigenvalue weighted by Gasteiger charge is 2.11. The SMILES string of the molecule is CCNC(C)c1ccc(Br)cc1OCC(C)C. The van der Waals surface area contributed by atoms with Gasteiger partial charge in [-0.1, -0.05) is 42.8 Å². The van der Waals surface area contributed by atoms with E-state index < -0.39 is 0 Å². The van der Waals surface area contributed by atoms with Crippen molar-refractivity contribution in [3.05, 3.63) is 28.2 Å². The van der Waals surface area contributed by atoms with Gasteiger partial charge in [-0.2, -0.15) is 0 Å². The predicted octanol–water partition coefficient (Wildman–Crippen LogP) is 4.15.